The first kappa shape index (κ1) is 15.9. The maximum atomic E-state index is 12.4. The molecule has 0 aliphatic carbocycles. The summed E-state index contributed by atoms with van der Waals surface area (Å²) < 4.78 is 0. The first-order chi connectivity index (χ1) is 11.0. The van der Waals surface area contributed by atoms with Crippen molar-refractivity contribution in [3.63, 3.8) is 0 Å². The molecule has 2 aliphatic rings. The van der Waals surface area contributed by atoms with E-state index in [4.69, 9.17) is 0 Å². The Morgan fingerprint density at radius 3 is 2.65 bits per heavy atom. The Kier molecular flexibility index (Phi) is 4.34. The predicted molar refractivity (Wildman–Crippen MR) is 86.0 cm³/mol. The van der Waals surface area contributed by atoms with E-state index in [1.165, 1.54) is 0 Å². The number of rotatable bonds is 4. The number of amides is 3. The zero-order chi connectivity index (χ0) is 16.4. The number of nitrogens with zero attached hydrogens (tertiary/aromatic N) is 3. The van der Waals surface area contributed by atoms with E-state index in [0.29, 0.717) is 25.9 Å². The molecule has 0 saturated carbocycles. The summed E-state index contributed by atoms with van der Waals surface area (Å²) in [5.41, 5.74) is -0.741. The van der Waals surface area contributed by atoms with Crippen LogP contribution in [0.3, 0.4) is 0 Å². The molecule has 7 nitrogen and oxygen atoms in total. The highest BCUT2D eigenvalue weighted by Gasteiger charge is 2.42. The third-order valence-electron chi connectivity index (χ3n) is 4.56. The molecule has 124 valence electrons. The van der Waals surface area contributed by atoms with Gasteiger partial charge in [-0.05, 0) is 6.42 Å². The fraction of sp³-hybridized carbons (Fsp3) is 0.600. The molecular formula is C15H20N4O3S. The highest BCUT2D eigenvalue weighted by atomic mass is 32.1. The number of aromatic nitrogens is 1. The number of nitrogens with one attached hydrogen (secondary N) is 1. The summed E-state index contributed by atoms with van der Waals surface area (Å²) in [5.74, 6) is -0.455. The van der Waals surface area contributed by atoms with E-state index >= 15 is 0 Å². The quantitative estimate of drug-likeness (QED) is 0.815. The Morgan fingerprint density at radius 2 is 2.09 bits per heavy atom. The normalized spacial score (nSPS) is 24.9. The number of anilines is 1. The van der Waals surface area contributed by atoms with Gasteiger partial charge in [0, 0.05) is 50.6 Å². The van der Waals surface area contributed by atoms with E-state index in [9.17, 15) is 14.4 Å². The second-order valence-electron chi connectivity index (χ2n) is 6.30. The molecule has 0 radical (unpaired) electrons. The van der Waals surface area contributed by atoms with Crippen molar-refractivity contribution in [3.8, 4) is 0 Å². The summed E-state index contributed by atoms with van der Waals surface area (Å²) in [4.78, 5) is 43.8. The van der Waals surface area contributed by atoms with Gasteiger partial charge in [-0.3, -0.25) is 19.7 Å². The number of hydrogen-bond acceptors (Lipinski definition) is 6. The Balaban J connectivity index is 1.48. The maximum absolute atomic E-state index is 12.4. The molecule has 0 aromatic carbocycles. The zero-order valence-electron chi connectivity index (χ0n) is 13.1. The maximum Gasteiger partial charge on any atom is 0.233 e. The van der Waals surface area contributed by atoms with Crippen LogP contribution in [0.15, 0.2) is 11.6 Å². The fourth-order valence-corrected chi connectivity index (χ4v) is 3.72. The minimum Gasteiger partial charge on any atom is -0.345 e. The summed E-state index contributed by atoms with van der Waals surface area (Å²) in [7, 11) is 0. The lowest BCUT2D eigenvalue weighted by molar-refractivity contribution is -0.133. The predicted octanol–water partition coefficient (Wildman–Crippen LogP) is 0.625. The fourth-order valence-electron chi connectivity index (χ4n) is 3.02. The minimum absolute atomic E-state index is 0.0529. The van der Waals surface area contributed by atoms with Crippen LogP contribution in [0.4, 0.5) is 5.13 Å². The molecule has 2 saturated heterocycles. The SMILES string of the molecule is CC1(CCC(=O)N2CCN(c3nccs3)CC2)CC(=O)NC1=O. The van der Waals surface area contributed by atoms with Crippen LogP contribution in [0.2, 0.25) is 0 Å². The van der Waals surface area contributed by atoms with Crippen LogP contribution in [-0.4, -0.2) is 53.8 Å². The molecule has 2 fully saturated rings. The molecule has 0 bridgehead atoms. The van der Waals surface area contributed by atoms with Gasteiger partial charge in [0.25, 0.3) is 0 Å². The van der Waals surface area contributed by atoms with Crippen LogP contribution in [0, 0.1) is 5.41 Å². The monoisotopic (exact) mass is 336 g/mol. The van der Waals surface area contributed by atoms with Crippen LogP contribution in [0.5, 0.6) is 0 Å². The van der Waals surface area contributed by atoms with Gasteiger partial charge in [0.15, 0.2) is 5.13 Å². The highest BCUT2D eigenvalue weighted by Crippen LogP contribution is 2.32. The van der Waals surface area contributed by atoms with Crippen molar-refractivity contribution in [3.05, 3.63) is 11.6 Å². The number of piperazine rings is 1. The summed E-state index contributed by atoms with van der Waals surface area (Å²) in [5, 5.41) is 5.25. The molecule has 1 aromatic rings. The smallest absolute Gasteiger partial charge is 0.233 e. The van der Waals surface area contributed by atoms with E-state index in [-0.39, 0.29) is 24.1 Å². The van der Waals surface area contributed by atoms with Crippen molar-refractivity contribution in [2.24, 2.45) is 5.41 Å². The lowest BCUT2D eigenvalue weighted by Crippen LogP contribution is -2.49. The van der Waals surface area contributed by atoms with Crippen molar-refractivity contribution in [1.82, 2.24) is 15.2 Å². The van der Waals surface area contributed by atoms with Crippen LogP contribution < -0.4 is 10.2 Å². The van der Waals surface area contributed by atoms with Gasteiger partial charge in [0.1, 0.15) is 0 Å². The Labute approximate surface area is 138 Å². The van der Waals surface area contributed by atoms with E-state index in [1.807, 2.05) is 10.3 Å². The molecule has 3 rings (SSSR count). The van der Waals surface area contributed by atoms with E-state index in [0.717, 1.165) is 18.2 Å². The molecular weight excluding hydrogens is 316 g/mol. The Hall–Kier alpha value is -1.96. The van der Waals surface area contributed by atoms with Crippen LogP contribution >= 0.6 is 11.3 Å². The highest BCUT2D eigenvalue weighted by molar-refractivity contribution is 7.13. The Morgan fingerprint density at radius 1 is 1.35 bits per heavy atom. The van der Waals surface area contributed by atoms with Gasteiger partial charge in [0.05, 0.1) is 5.41 Å². The van der Waals surface area contributed by atoms with Gasteiger partial charge < -0.3 is 9.80 Å². The summed E-state index contributed by atoms with van der Waals surface area (Å²) in [6.07, 6.45) is 2.67. The average Bonchev–Trinajstić information content (AvgIpc) is 3.14. The first-order valence-electron chi connectivity index (χ1n) is 7.74. The van der Waals surface area contributed by atoms with Crippen molar-refractivity contribution in [1.29, 1.82) is 0 Å². The molecule has 1 aromatic heterocycles. The average molecular weight is 336 g/mol. The van der Waals surface area contributed by atoms with Crippen LogP contribution in [-0.2, 0) is 14.4 Å². The standard InChI is InChI=1S/C15H20N4O3S/c1-15(10-11(20)17-13(15)22)3-2-12(21)18-5-7-19(8-6-18)14-16-4-9-23-14/h4,9H,2-3,5-8,10H2,1H3,(H,17,20,22). The van der Waals surface area contributed by atoms with Crippen LogP contribution in [0.1, 0.15) is 26.2 Å². The van der Waals surface area contributed by atoms with E-state index in [2.05, 4.69) is 15.2 Å². The van der Waals surface area contributed by atoms with Crippen molar-refractivity contribution >= 4 is 34.2 Å². The summed E-state index contributed by atoms with van der Waals surface area (Å²) in [6, 6.07) is 0. The number of thiazole rings is 1. The van der Waals surface area contributed by atoms with Crippen molar-refractivity contribution < 1.29 is 14.4 Å². The van der Waals surface area contributed by atoms with Gasteiger partial charge in [-0.15, -0.1) is 11.3 Å². The van der Waals surface area contributed by atoms with Crippen molar-refractivity contribution in [2.75, 3.05) is 31.1 Å². The molecule has 3 heterocycles. The van der Waals surface area contributed by atoms with Crippen molar-refractivity contribution in [2.45, 2.75) is 26.2 Å². The van der Waals surface area contributed by atoms with Gasteiger partial charge in [-0.25, -0.2) is 4.98 Å². The van der Waals surface area contributed by atoms with Gasteiger partial charge in [-0.1, -0.05) is 6.92 Å². The third kappa shape index (κ3) is 3.36. The topological polar surface area (TPSA) is 82.6 Å². The second-order valence-corrected chi connectivity index (χ2v) is 7.17. The second kappa shape index (κ2) is 6.27. The minimum atomic E-state index is -0.741. The third-order valence-corrected chi connectivity index (χ3v) is 5.40. The van der Waals surface area contributed by atoms with E-state index in [1.54, 1.807) is 24.5 Å². The molecule has 1 unspecified atom stereocenters. The molecule has 1 atom stereocenters. The van der Waals surface area contributed by atoms with Gasteiger partial charge in [-0.2, -0.15) is 0 Å². The Bertz CT molecular complexity index is 610. The summed E-state index contributed by atoms with van der Waals surface area (Å²) in [6.45, 7) is 4.63. The van der Waals surface area contributed by atoms with E-state index < -0.39 is 5.41 Å². The molecule has 1 N–H and O–H groups in total. The number of imide groups is 1. The molecule has 2 aliphatic heterocycles. The lowest BCUT2D eigenvalue weighted by Gasteiger charge is -2.35. The zero-order valence-corrected chi connectivity index (χ0v) is 13.9. The molecule has 23 heavy (non-hydrogen) atoms. The largest absolute Gasteiger partial charge is 0.345 e. The molecule has 3 amide bonds. The van der Waals surface area contributed by atoms with Gasteiger partial charge >= 0.3 is 0 Å². The number of hydrogen-bond donors (Lipinski definition) is 1. The molecule has 8 heteroatoms. The molecule has 0 spiro atoms. The first-order valence-corrected chi connectivity index (χ1v) is 8.62. The van der Waals surface area contributed by atoms with Gasteiger partial charge in [0.2, 0.25) is 17.7 Å². The summed E-state index contributed by atoms with van der Waals surface area (Å²) >= 11 is 1.60. The lowest BCUT2D eigenvalue weighted by atomic mass is 9.83. The van der Waals surface area contributed by atoms with Crippen LogP contribution in [0.25, 0.3) is 0 Å². The number of carbonyl (C=O) groups excluding carboxylic acids is 3. The number of carbonyl (C=O) groups is 3.